The molecule has 2 heterocycles. The second-order valence-corrected chi connectivity index (χ2v) is 5.52. The number of nitrogens with two attached hydrogens (primary N) is 1. The average Bonchev–Trinajstić information content (AvgIpc) is 2.51. The van der Waals surface area contributed by atoms with Crippen LogP contribution in [0.4, 0.5) is 0 Å². The normalized spacial score (nSPS) is 24.0. The Bertz CT molecular complexity index is 295. The summed E-state index contributed by atoms with van der Waals surface area (Å²) in [6.07, 6.45) is 2.45. The molecule has 0 bridgehead atoms. The maximum atomic E-state index is 5.95. The number of hydrogen-bond donors (Lipinski definition) is 1. The molecule has 78 valence electrons. The maximum Gasteiger partial charge on any atom is 0.0328 e. The zero-order chi connectivity index (χ0) is 9.97. The third-order valence-corrected chi connectivity index (χ3v) is 3.70. The van der Waals surface area contributed by atoms with Gasteiger partial charge in [-0.1, -0.05) is 0 Å². The van der Waals surface area contributed by atoms with Crippen molar-refractivity contribution in [1.29, 1.82) is 0 Å². The summed E-state index contributed by atoms with van der Waals surface area (Å²) in [5.41, 5.74) is 5.95. The van der Waals surface area contributed by atoms with Gasteiger partial charge in [0.25, 0.3) is 0 Å². The summed E-state index contributed by atoms with van der Waals surface area (Å²) in [6, 6.07) is 4.83. The van der Waals surface area contributed by atoms with E-state index in [4.69, 9.17) is 5.73 Å². The molecule has 3 heteroatoms. The smallest absolute Gasteiger partial charge is 0.0328 e. The number of nitrogens with zero attached hydrogens (tertiary/aromatic N) is 1. The molecule has 1 aromatic heterocycles. The molecule has 0 aliphatic carbocycles. The first kappa shape index (κ1) is 10.1. The van der Waals surface area contributed by atoms with E-state index < -0.39 is 0 Å². The molecule has 1 saturated heterocycles. The van der Waals surface area contributed by atoms with Gasteiger partial charge in [-0.15, -0.1) is 11.3 Å². The standard InChI is InChI=1S/C11H18N2S/c1-9-4-5-11(14-9)8-13-6-2-3-10(12)7-13/h4-5,10H,2-3,6-8,12H2,1H3. The molecule has 1 unspecified atom stereocenters. The molecular formula is C11H18N2S. The second-order valence-electron chi connectivity index (χ2n) is 4.15. The SMILES string of the molecule is Cc1ccc(CN2CCCC(N)C2)s1. The molecule has 0 saturated carbocycles. The number of rotatable bonds is 2. The number of piperidine rings is 1. The Kier molecular flexibility index (Phi) is 3.21. The van der Waals surface area contributed by atoms with E-state index in [0.29, 0.717) is 6.04 Å². The molecule has 2 N–H and O–H groups in total. The van der Waals surface area contributed by atoms with Gasteiger partial charge in [0.15, 0.2) is 0 Å². The highest BCUT2D eigenvalue weighted by Crippen LogP contribution is 2.19. The number of likely N-dealkylation sites (tertiary alicyclic amines) is 1. The van der Waals surface area contributed by atoms with Crippen LogP contribution in [0.5, 0.6) is 0 Å². The number of aryl methyl sites for hydroxylation is 1. The molecule has 14 heavy (non-hydrogen) atoms. The van der Waals surface area contributed by atoms with Crippen LogP contribution in [0.15, 0.2) is 12.1 Å². The van der Waals surface area contributed by atoms with Crippen LogP contribution in [0, 0.1) is 6.92 Å². The van der Waals surface area contributed by atoms with Gasteiger partial charge < -0.3 is 5.73 Å². The van der Waals surface area contributed by atoms with Crippen molar-refractivity contribution in [3.8, 4) is 0 Å². The van der Waals surface area contributed by atoms with Crippen molar-refractivity contribution in [2.45, 2.75) is 32.4 Å². The topological polar surface area (TPSA) is 29.3 Å². The van der Waals surface area contributed by atoms with Gasteiger partial charge in [-0.3, -0.25) is 4.90 Å². The lowest BCUT2D eigenvalue weighted by Crippen LogP contribution is -2.42. The first-order valence-electron chi connectivity index (χ1n) is 5.27. The van der Waals surface area contributed by atoms with Gasteiger partial charge in [-0.05, 0) is 38.4 Å². The van der Waals surface area contributed by atoms with Gasteiger partial charge >= 0.3 is 0 Å². The second kappa shape index (κ2) is 4.43. The zero-order valence-electron chi connectivity index (χ0n) is 8.70. The fourth-order valence-electron chi connectivity index (χ4n) is 2.03. The van der Waals surface area contributed by atoms with Crippen LogP contribution in [0.3, 0.4) is 0 Å². The van der Waals surface area contributed by atoms with Crippen molar-refractivity contribution in [2.24, 2.45) is 5.73 Å². The van der Waals surface area contributed by atoms with Crippen molar-refractivity contribution in [3.63, 3.8) is 0 Å². The fourth-order valence-corrected chi connectivity index (χ4v) is 2.96. The van der Waals surface area contributed by atoms with E-state index in [1.165, 1.54) is 29.1 Å². The van der Waals surface area contributed by atoms with Crippen LogP contribution in [0.1, 0.15) is 22.6 Å². The van der Waals surface area contributed by atoms with E-state index >= 15 is 0 Å². The van der Waals surface area contributed by atoms with Gasteiger partial charge in [0.2, 0.25) is 0 Å². The van der Waals surface area contributed by atoms with E-state index in [-0.39, 0.29) is 0 Å². The van der Waals surface area contributed by atoms with E-state index in [9.17, 15) is 0 Å². The van der Waals surface area contributed by atoms with Crippen molar-refractivity contribution in [1.82, 2.24) is 4.90 Å². The summed E-state index contributed by atoms with van der Waals surface area (Å²) in [5, 5.41) is 0. The Morgan fingerprint density at radius 2 is 2.43 bits per heavy atom. The number of hydrogen-bond acceptors (Lipinski definition) is 3. The largest absolute Gasteiger partial charge is 0.327 e. The molecule has 2 nitrogen and oxygen atoms in total. The van der Waals surface area contributed by atoms with Gasteiger partial charge in [0.1, 0.15) is 0 Å². The molecular weight excluding hydrogens is 192 g/mol. The van der Waals surface area contributed by atoms with Crippen LogP contribution in [-0.2, 0) is 6.54 Å². The minimum Gasteiger partial charge on any atom is -0.327 e. The molecule has 1 aliphatic rings. The van der Waals surface area contributed by atoms with Crippen molar-refractivity contribution in [3.05, 3.63) is 21.9 Å². The molecule has 2 rings (SSSR count). The summed E-state index contributed by atoms with van der Waals surface area (Å²) in [6.45, 7) is 5.53. The third-order valence-electron chi connectivity index (χ3n) is 2.72. The Hall–Kier alpha value is -0.380. The molecule has 0 radical (unpaired) electrons. The number of thiophene rings is 1. The van der Waals surface area contributed by atoms with Gasteiger partial charge in [0.05, 0.1) is 0 Å². The third kappa shape index (κ3) is 2.56. The molecule has 0 spiro atoms. The lowest BCUT2D eigenvalue weighted by molar-refractivity contribution is 0.203. The Balaban J connectivity index is 1.90. The molecule has 1 atom stereocenters. The highest BCUT2D eigenvalue weighted by Gasteiger charge is 2.16. The van der Waals surface area contributed by atoms with Crippen molar-refractivity contribution >= 4 is 11.3 Å². The van der Waals surface area contributed by atoms with Crippen LogP contribution in [0.2, 0.25) is 0 Å². The summed E-state index contributed by atoms with van der Waals surface area (Å²) in [5.74, 6) is 0. The predicted octanol–water partition coefficient (Wildman–Crippen LogP) is 1.98. The van der Waals surface area contributed by atoms with Crippen LogP contribution >= 0.6 is 11.3 Å². The highest BCUT2D eigenvalue weighted by molar-refractivity contribution is 7.11. The predicted molar refractivity (Wildman–Crippen MR) is 61.5 cm³/mol. The van der Waals surface area contributed by atoms with Crippen LogP contribution in [0.25, 0.3) is 0 Å². The average molecular weight is 210 g/mol. The maximum absolute atomic E-state index is 5.95. The molecule has 1 aromatic rings. The summed E-state index contributed by atoms with van der Waals surface area (Å²) < 4.78 is 0. The van der Waals surface area contributed by atoms with Crippen molar-refractivity contribution < 1.29 is 0 Å². The summed E-state index contributed by atoms with van der Waals surface area (Å²) in [7, 11) is 0. The molecule has 1 fully saturated rings. The van der Waals surface area contributed by atoms with Crippen molar-refractivity contribution in [2.75, 3.05) is 13.1 Å². The quantitative estimate of drug-likeness (QED) is 0.809. The Labute approximate surface area is 89.7 Å². The first-order valence-corrected chi connectivity index (χ1v) is 6.09. The van der Waals surface area contributed by atoms with E-state index in [2.05, 4.69) is 24.0 Å². The minimum atomic E-state index is 0.393. The molecule has 0 amide bonds. The summed E-state index contributed by atoms with van der Waals surface area (Å²) in [4.78, 5) is 5.34. The first-order chi connectivity index (χ1) is 6.74. The van der Waals surface area contributed by atoms with Gasteiger partial charge in [-0.25, -0.2) is 0 Å². The monoisotopic (exact) mass is 210 g/mol. The summed E-state index contributed by atoms with van der Waals surface area (Å²) >= 11 is 1.90. The molecule has 1 aliphatic heterocycles. The van der Waals surface area contributed by atoms with E-state index in [1.807, 2.05) is 11.3 Å². The lowest BCUT2D eigenvalue weighted by Gasteiger charge is -2.30. The zero-order valence-corrected chi connectivity index (χ0v) is 9.52. The lowest BCUT2D eigenvalue weighted by atomic mass is 10.1. The minimum absolute atomic E-state index is 0.393. The van der Waals surface area contributed by atoms with Crippen LogP contribution < -0.4 is 5.73 Å². The van der Waals surface area contributed by atoms with Gasteiger partial charge in [0, 0.05) is 28.9 Å². The Morgan fingerprint density at radius 1 is 1.57 bits per heavy atom. The highest BCUT2D eigenvalue weighted by atomic mass is 32.1. The van der Waals surface area contributed by atoms with Gasteiger partial charge in [-0.2, -0.15) is 0 Å². The van der Waals surface area contributed by atoms with E-state index in [1.54, 1.807) is 0 Å². The molecule has 0 aromatic carbocycles. The fraction of sp³-hybridized carbons (Fsp3) is 0.636. The Morgan fingerprint density at radius 3 is 3.07 bits per heavy atom. The van der Waals surface area contributed by atoms with E-state index in [0.717, 1.165) is 13.1 Å². The van der Waals surface area contributed by atoms with Crippen LogP contribution in [-0.4, -0.2) is 24.0 Å².